The molecule has 0 aliphatic carbocycles. The van der Waals surface area contributed by atoms with Gasteiger partial charge in [0.05, 0.1) is 13.2 Å². The SMILES string of the molecule is CCOP(O)(=S)SCCOC.[Na]. The molecule has 12 heavy (non-hydrogen) atoms. The summed E-state index contributed by atoms with van der Waals surface area (Å²) < 4.78 is 9.76. The molecule has 1 radical (unpaired) electrons. The fraction of sp³-hybridized carbons (Fsp3) is 1.00. The number of ether oxygens (including phenoxy) is 1. The van der Waals surface area contributed by atoms with Crippen LogP contribution >= 0.6 is 17.1 Å². The molecule has 0 amide bonds. The Labute approximate surface area is 105 Å². The molecule has 0 heterocycles. The van der Waals surface area contributed by atoms with E-state index in [1.807, 2.05) is 6.92 Å². The molecule has 0 aromatic heterocycles. The molecule has 0 spiro atoms. The van der Waals surface area contributed by atoms with Gasteiger partial charge in [-0.3, -0.25) is 0 Å². The van der Waals surface area contributed by atoms with Crippen LogP contribution in [-0.2, 0) is 21.1 Å². The first kappa shape index (κ1) is 16.3. The molecule has 69 valence electrons. The van der Waals surface area contributed by atoms with Crippen LogP contribution in [0.3, 0.4) is 0 Å². The molecule has 0 saturated heterocycles. The van der Waals surface area contributed by atoms with E-state index in [4.69, 9.17) is 21.1 Å². The zero-order chi connectivity index (χ0) is 8.74. The van der Waals surface area contributed by atoms with Gasteiger partial charge < -0.3 is 14.2 Å². The largest absolute Gasteiger partial charge is 0.384 e. The summed E-state index contributed by atoms with van der Waals surface area (Å²) in [5, 5.41) is 0. The van der Waals surface area contributed by atoms with Crippen LogP contribution in [-0.4, -0.2) is 60.5 Å². The predicted octanol–water partition coefficient (Wildman–Crippen LogP) is 1.24. The molecule has 7 heteroatoms. The maximum Gasteiger partial charge on any atom is 0.244 e. The van der Waals surface area contributed by atoms with Crippen molar-refractivity contribution in [1.29, 1.82) is 0 Å². The van der Waals surface area contributed by atoms with Crippen LogP contribution in [0.4, 0.5) is 0 Å². The van der Waals surface area contributed by atoms with Gasteiger partial charge in [0, 0.05) is 42.4 Å². The summed E-state index contributed by atoms with van der Waals surface area (Å²) >= 11 is 6.07. The number of rotatable bonds is 6. The van der Waals surface area contributed by atoms with E-state index in [9.17, 15) is 4.89 Å². The quantitative estimate of drug-likeness (QED) is 0.429. The second-order valence-electron chi connectivity index (χ2n) is 1.71. The van der Waals surface area contributed by atoms with E-state index in [0.29, 0.717) is 19.0 Å². The Hall–Kier alpha value is 1.88. The van der Waals surface area contributed by atoms with Gasteiger partial charge in [-0.15, -0.1) is 0 Å². The van der Waals surface area contributed by atoms with E-state index < -0.39 is 5.69 Å². The summed E-state index contributed by atoms with van der Waals surface area (Å²) in [4.78, 5) is 9.35. The van der Waals surface area contributed by atoms with E-state index in [1.54, 1.807) is 7.11 Å². The third-order valence-electron chi connectivity index (χ3n) is 0.834. The van der Waals surface area contributed by atoms with Crippen molar-refractivity contribution in [3.05, 3.63) is 0 Å². The summed E-state index contributed by atoms with van der Waals surface area (Å²) in [6.45, 7) is 2.87. The average molecular weight is 239 g/mol. The van der Waals surface area contributed by atoms with Crippen LogP contribution in [0.2, 0.25) is 0 Å². The van der Waals surface area contributed by atoms with E-state index in [-0.39, 0.29) is 29.6 Å². The van der Waals surface area contributed by atoms with Gasteiger partial charge in [0.1, 0.15) is 0 Å². The molecular formula is C5H13NaO3PS2. The normalized spacial score (nSPS) is 14.9. The Bertz CT molecular complexity index is 147. The van der Waals surface area contributed by atoms with Crippen LogP contribution in [0.1, 0.15) is 6.92 Å². The monoisotopic (exact) mass is 239 g/mol. The van der Waals surface area contributed by atoms with Crippen molar-refractivity contribution in [2.45, 2.75) is 6.92 Å². The molecule has 1 N–H and O–H groups in total. The zero-order valence-corrected chi connectivity index (χ0v) is 12.2. The van der Waals surface area contributed by atoms with Crippen molar-refractivity contribution in [3.63, 3.8) is 0 Å². The van der Waals surface area contributed by atoms with Gasteiger partial charge in [0.2, 0.25) is 5.69 Å². The van der Waals surface area contributed by atoms with Crippen molar-refractivity contribution < 1.29 is 14.2 Å². The van der Waals surface area contributed by atoms with Gasteiger partial charge in [-0.25, -0.2) is 0 Å². The first-order valence-corrected chi connectivity index (χ1v) is 7.49. The zero-order valence-electron chi connectivity index (χ0n) is 7.65. The van der Waals surface area contributed by atoms with Crippen LogP contribution in [0.5, 0.6) is 0 Å². The molecule has 0 fully saturated rings. The topological polar surface area (TPSA) is 38.7 Å². The maximum atomic E-state index is 9.35. The van der Waals surface area contributed by atoms with Gasteiger partial charge in [0.25, 0.3) is 0 Å². The molecule has 3 nitrogen and oxygen atoms in total. The van der Waals surface area contributed by atoms with Crippen LogP contribution in [0, 0.1) is 0 Å². The molecule has 0 saturated carbocycles. The minimum atomic E-state index is -2.55. The summed E-state index contributed by atoms with van der Waals surface area (Å²) in [5.74, 6) is 0.685. The second kappa shape index (κ2) is 9.44. The van der Waals surface area contributed by atoms with E-state index >= 15 is 0 Å². The molecule has 0 aromatic rings. The molecule has 0 aliphatic heterocycles. The third kappa shape index (κ3) is 9.96. The minimum absolute atomic E-state index is 0. The molecule has 0 bridgehead atoms. The molecule has 0 aromatic carbocycles. The van der Waals surface area contributed by atoms with Gasteiger partial charge in [-0.05, 0) is 18.7 Å². The third-order valence-corrected chi connectivity index (χ3v) is 5.20. The molecule has 0 rings (SSSR count). The Morgan fingerprint density at radius 2 is 2.17 bits per heavy atom. The minimum Gasteiger partial charge on any atom is -0.384 e. The molecule has 1 atom stereocenters. The van der Waals surface area contributed by atoms with Crippen molar-refractivity contribution in [2.75, 3.05) is 26.1 Å². The first-order valence-electron chi connectivity index (χ1n) is 3.23. The van der Waals surface area contributed by atoms with E-state index in [2.05, 4.69) is 0 Å². The van der Waals surface area contributed by atoms with Crippen molar-refractivity contribution in [2.24, 2.45) is 0 Å². The first-order chi connectivity index (χ1) is 5.12. The number of hydrogen-bond donors (Lipinski definition) is 1. The fourth-order valence-electron chi connectivity index (χ4n) is 0.436. The van der Waals surface area contributed by atoms with E-state index in [0.717, 1.165) is 0 Å². The maximum absolute atomic E-state index is 9.35. The fourth-order valence-corrected chi connectivity index (χ4v) is 3.75. The number of hydrogen-bond acceptors (Lipinski definition) is 4. The molecule has 1 unspecified atom stereocenters. The van der Waals surface area contributed by atoms with Gasteiger partial charge in [-0.2, -0.15) is 0 Å². The summed E-state index contributed by atoms with van der Waals surface area (Å²) in [7, 11) is 1.61. The van der Waals surface area contributed by atoms with E-state index in [1.165, 1.54) is 11.4 Å². The van der Waals surface area contributed by atoms with Crippen LogP contribution < -0.4 is 0 Å². The summed E-state index contributed by atoms with van der Waals surface area (Å²) in [6, 6.07) is 0. The van der Waals surface area contributed by atoms with Gasteiger partial charge in [0.15, 0.2) is 0 Å². The Morgan fingerprint density at radius 3 is 2.58 bits per heavy atom. The Morgan fingerprint density at radius 1 is 1.58 bits per heavy atom. The number of methoxy groups -OCH3 is 1. The van der Waals surface area contributed by atoms with Crippen LogP contribution in [0.25, 0.3) is 0 Å². The average Bonchev–Trinajstić information content (AvgIpc) is 1.87. The standard InChI is InChI=1S/C5H13O3PS2.Na/c1-3-8-9(6,10)11-5-4-7-2;/h3-5H2,1-2H3,(H,6,10);. The van der Waals surface area contributed by atoms with Gasteiger partial charge >= 0.3 is 0 Å². The van der Waals surface area contributed by atoms with Crippen molar-refractivity contribution in [1.82, 2.24) is 0 Å². The van der Waals surface area contributed by atoms with Crippen LogP contribution in [0.15, 0.2) is 0 Å². The molecular weight excluding hydrogens is 226 g/mol. The Balaban J connectivity index is 0. The second-order valence-corrected chi connectivity index (χ2v) is 8.01. The van der Waals surface area contributed by atoms with Gasteiger partial charge in [-0.1, -0.05) is 11.4 Å². The van der Waals surface area contributed by atoms with Crippen molar-refractivity contribution >= 4 is 58.4 Å². The molecule has 0 aliphatic rings. The Kier molecular flexibility index (Phi) is 12.8. The smallest absolute Gasteiger partial charge is 0.244 e. The summed E-state index contributed by atoms with van der Waals surface area (Å²) in [6.07, 6.45) is 0. The summed E-state index contributed by atoms with van der Waals surface area (Å²) in [5.41, 5.74) is -2.55. The van der Waals surface area contributed by atoms with Crippen molar-refractivity contribution in [3.8, 4) is 0 Å². The predicted molar refractivity (Wildman–Crippen MR) is 58.2 cm³/mol.